The summed E-state index contributed by atoms with van der Waals surface area (Å²) in [5, 5.41) is 0. The van der Waals surface area contributed by atoms with Crippen molar-refractivity contribution in [1.29, 1.82) is 0 Å². The lowest BCUT2D eigenvalue weighted by Gasteiger charge is -1.97. The molecule has 0 spiro atoms. The third-order valence-electron chi connectivity index (χ3n) is 3.07. The molecule has 0 bridgehead atoms. The summed E-state index contributed by atoms with van der Waals surface area (Å²) in [5.41, 5.74) is 0. The van der Waals surface area contributed by atoms with Gasteiger partial charge in [-0.05, 0) is 39.0 Å². The average molecular weight is 248 g/mol. The van der Waals surface area contributed by atoms with Crippen LogP contribution < -0.4 is 0 Å². The van der Waals surface area contributed by atoms with Crippen LogP contribution in [0.1, 0.15) is 78.1 Å². The predicted molar refractivity (Wildman–Crippen MR) is 84.9 cm³/mol. The van der Waals surface area contributed by atoms with Crippen LogP contribution in [-0.2, 0) is 0 Å². The molecule has 0 aromatic heterocycles. The highest BCUT2D eigenvalue weighted by atomic mass is 13.9. The molecule has 0 atom stereocenters. The van der Waals surface area contributed by atoms with E-state index in [1.807, 2.05) is 0 Å². The topological polar surface area (TPSA) is 0 Å². The van der Waals surface area contributed by atoms with Crippen LogP contribution in [0.25, 0.3) is 0 Å². The van der Waals surface area contributed by atoms with Crippen LogP contribution in [0.5, 0.6) is 0 Å². The van der Waals surface area contributed by atoms with Crippen molar-refractivity contribution in [3.05, 3.63) is 36.5 Å². The third kappa shape index (κ3) is 15.2. The quantitative estimate of drug-likeness (QED) is 0.270. The summed E-state index contributed by atoms with van der Waals surface area (Å²) in [6.07, 6.45) is 26.6. The SMILES string of the molecule is C/C=C/CC/C=C/C/C=C/CCCCCCCC. The van der Waals surface area contributed by atoms with Crippen molar-refractivity contribution in [3.63, 3.8) is 0 Å². The normalized spacial score (nSPS) is 12.3. The second-order valence-electron chi connectivity index (χ2n) is 4.88. The maximum atomic E-state index is 2.34. The molecule has 0 N–H and O–H groups in total. The number of unbranched alkanes of at least 4 members (excludes halogenated alkanes) is 7. The molecule has 0 heterocycles. The molecule has 0 aromatic carbocycles. The summed E-state index contributed by atoms with van der Waals surface area (Å²) < 4.78 is 0. The van der Waals surface area contributed by atoms with Crippen molar-refractivity contribution in [3.8, 4) is 0 Å². The Labute approximate surface area is 115 Å². The fourth-order valence-corrected chi connectivity index (χ4v) is 1.91. The van der Waals surface area contributed by atoms with E-state index in [1.165, 1.54) is 57.8 Å². The first kappa shape index (κ1) is 17.2. The molecule has 0 radical (unpaired) electrons. The maximum absolute atomic E-state index is 2.34. The van der Waals surface area contributed by atoms with Crippen molar-refractivity contribution < 1.29 is 0 Å². The Morgan fingerprint density at radius 2 is 1.22 bits per heavy atom. The molecule has 0 saturated heterocycles. The molecule has 0 aliphatic heterocycles. The van der Waals surface area contributed by atoms with Crippen LogP contribution >= 0.6 is 0 Å². The highest BCUT2D eigenvalue weighted by Crippen LogP contribution is 2.07. The van der Waals surface area contributed by atoms with Gasteiger partial charge in [-0.1, -0.05) is 75.5 Å². The Morgan fingerprint density at radius 3 is 1.94 bits per heavy atom. The summed E-state index contributed by atoms with van der Waals surface area (Å²) in [7, 11) is 0. The summed E-state index contributed by atoms with van der Waals surface area (Å²) in [5.74, 6) is 0. The highest BCUT2D eigenvalue weighted by molar-refractivity contribution is 4.93. The van der Waals surface area contributed by atoms with Gasteiger partial charge in [-0.2, -0.15) is 0 Å². The molecule has 18 heavy (non-hydrogen) atoms. The van der Waals surface area contributed by atoms with Crippen molar-refractivity contribution in [1.82, 2.24) is 0 Å². The molecule has 0 saturated carbocycles. The minimum Gasteiger partial charge on any atom is -0.0917 e. The average Bonchev–Trinajstić information content (AvgIpc) is 2.39. The van der Waals surface area contributed by atoms with Gasteiger partial charge in [-0.3, -0.25) is 0 Å². The second-order valence-corrected chi connectivity index (χ2v) is 4.88. The molecule has 0 nitrogen and oxygen atoms in total. The van der Waals surface area contributed by atoms with E-state index in [2.05, 4.69) is 50.3 Å². The van der Waals surface area contributed by atoms with E-state index in [0.29, 0.717) is 0 Å². The van der Waals surface area contributed by atoms with Gasteiger partial charge in [0.2, 0.25) is 0 Å². The Bertz CT molecular complexity index is 220. The smallest absolute Gasteiger partial charge is 0.0169 e. The van der Waals surface area contributed by atoms with Gasteiger partial charge in [-0.15, -0.1) is 0 Å². The van der Waals surface area contributed by atoms with Crippen molar-refractivity contribution in [2.75, 3.05) is 0 Å². The Kier molecular flexibility index (Phi) is 15.5. The molecule has 0 rings (SSSR count). The fourth-order valence-electron chi connectivity index (χ4n) is 1.91. The zero-order valence-electron chi connectivity index (χ0n) is 12.5. The molecule has 0 amide bonds. The van der Waals surface area contributed by atoms with Crippen LogP contribution in [0, 0.1) is 0 Å². The van der Waals surface area contributed by atoms with Crippen LogP contribution in [0.15, 0.2) is 36.5 Å². The lowest BCUT2D eigenvalue weighted by Crippen LogP contribution is -1.77. The van der Waals surface area contributed by atoms with E-state index < -0.39 is 0 Å². The molecule has 104 valence electrons. The van der Waals surface area contributed by atoms with E-state index in [-0.39, 0.29) is 0 Å². The first-order valence-electron chi connectivity index (χ1n) is 7.83. The molecule has 0 heteroatoms. The molecule has 0 aliphatic carbocycles. The fraction of sp³-hybridized carbons (Fsp3) is 0.667. The molecule has 0 aliphatic rings. The van der Waals surface area contributed by atoms with Gasteiger partial charge in [0, 0.05) is 0 Å². The summed E-state index contributed by atoms with van der Waals surface area (Å²) in [6, 6.07) is 0. The van der Waals surface area contributed by atoms with Gasteiger partial charge in [0.15, 0.2) is 0 Å². The van der Waals surface area contributed by atoms with Crippen molar-refractivity contribution >= 4 is 0 Å². The van der Waals surface area contributed by atoms with Gasteiger partial charge in [0.05, 0.1) is 0 Å². The number of hydrogen-bond donors (Lipinski definition) is 0. The molecular formula is C18H32. The van der Waals surface area contributed by atoms with E-state index >= 15 is 0 Å². The summed E-state index contributed by atoms with van der Waals surface area (Å²) in [4.78, 5) is 0. The van der Waals surface area contributed by atoms with E-state index in [9.17, 15) is 0 Å². The minimum absolute atomic E-state index is 1.10. The largest absolute Gasteiger partial charge is 0.0917 e. The van der Waals surface area contributed by atoms with Gasteiger partial charge >= 0.3 is 0 Å². The lowest BCUT2D eigenvalue weighted by molar-refractivity contribution is 0.611. The van der Waals surface area contributed by atoms with Gasteiger partial charge < -0.3 is 0 Å². The van der Waals surface area contributed by atoms with Crippen LogP contribution in [0.2, 0.25) is 0 Å². The summed E-state index contributed by atoms with van der Waals surface area (Å²) in [6.45, 7) is 4.35. The Balaban J connectivity index is 3.17. The predicted octanol–water partition coefficient (Wildman–Crippen LogP) is 6.60. The molecular weight excluding hydrogens is 216 g/mol. The molecule has 0 fully saturated rings. The van der Waals surface area contributed by atoms with Gasteiger partial charge in [0.25, 0.3) is 0 Å². The lowest BCUT2D eigenvalue weighted by atomic mass is 10.1. The first-order valence-corrected chi connectivity index (χ1v) is 7.83. The Hall–Kier alpha value is -0.780. The van der Waals surface area contributed by atoms with Gasteiger partial charge in [-0.25, -0.2) is 0 Å². The highest BCUT2D eigenvalue weighted by Gasteiger charge is 1.87. The minimum atomic E-state index is 1.10. The molecule has 0 unspecified atom stereocenters. The Morgan fingerprint density at radius 1 is 0.611 bits per heavy atom. The number of rotatable bonds is 12. The monoisotopic (exact) mass is 248 g/mol. The van der Waals surface area contributed by atoms with E-state index in [4.69, 9.17) is 0 Å². The standard InChI is InChI=1S/C18H32/c1-3-5-7-9-11-13-15-17-18-16-14-12-10-8-6-4-2/h3,5,11,13,17-18H,4,6-10,12,14-16H2,1-2H3/b5-3+,13-11+,18-17+. The second kappa shape index (κ2) is 16.2. The first-order chi connectivity index (χ1) is 8.91. The van der Waals surface area contributed by atoms with Crippen LogP contribution in [-0.4, -0.2) is 0 Å². The zero-order chi connectivity index (χ0) is 13.3. The van der Waals surface area contributed by atoms with Gasteiger partial charge in [0.1, 0.15) is 0 Å². The number of allylic oxidation sites excluding steroid dienone is 6. The van der Waals surface area contributed by atoms with Crippen molar-refractivity contribution in [2.24, 2.45) is 0 Å². The van der Waals surface area contributed by atoms with Crippen molar-refractivity contribution in [2.45, 2.75) is 78.1 Å². The zero-order valence-corrected chi connectivity index (χ0v) is 12.5. The number of hydrogen-bond acceptors (Lipinski definition) is 0. The van der Waals surface area contributed by atoms with E-state index in [1.54, 1.807) is 0 Å². The summed E-state index contributed by atoms with van der Waals surface area (Å²) >= 11 is 0. The maximum Gasteiger partial charge on any atom is -0.0169 e. The van der Waals surface area contributed by atoms with Crippen LogP contribution in [0.4, 0.5) is 0 Å². The van der Waals surface area contributed by atoms with Crippen LogP contribution in [0.3, 0.4) is 0 Å². The molecule has 0 aromatic rings. The van der Waals surface area contributed by atoms with E-state index in [0.717, 1.165) is 6.42 Å². The third-order valence-corrected chi connectivity index (χ3v) is 3.07.